The molecule has 1 heterocycles. The predicted octanol–water partition coefficient (Wildman–Crippen LogP) is 2.50. The molecule has 0 saturated carbocycles. The second kappa shape index (κ2) is 7.63. The van der Waals surface area contributed by atoms with Gasteiger partial charge in [-0.3, -0.25) is 9.59 Å². The van der Waals surface area contributed by atoms with Crippen LogP contribution < -0.4 is 4.74 Å². The van der Waals surface area contributed by atoms with Gasteiger partial charge in [0.1, 0.15) is 11.5 Å². The van der Waals surface area contributed by atoms with E-state index in [1.165, 1.54) is 4.90 Å². The lowest BCUT2D eigenvalue weighted by molar-refractivity contribution is -0.140. The lowest BCUT2D eigenvalue weighted by Gasteiger charge is -2.26. The number of methoxy groups -OCH3 is 1. The summed E-state index contributed by atoms with van der Waals surface area (Å²) in [6.45, 7) is 1.52. The maximum Gasteiger partial charge on any atom is 0.295 e. The van der Waals surface area contributed by atoms with Gasteiger partial charge in [-0.05, 0) is 24.6 Å². The van der Waals surface area contributed by atoms with Crippen LogP contribution in [0.5, 0.6) is 5.75 Å². The molecule has 0 spiro atoms. The van der Waals surface area contributed by atoms with E-state index in [0.717, 1.165) is 0 Å². The fourth-order valence-corrected chi connectivity index (χ4v) is 3.24. The highest BCUT2D eigenvalue weighted by Crippen LogP contribution is 2.39. The van der Waals surface area contributed by atoms with Crippen LogP contribution in [0.3, 0.4) is 0 Å². The Labute approximate surface area is 157 Å². The Hall–Kier alpha value is -3.12. The minimum absolute atomic E-state index is 0.0111. The van der Waals surface area contributed by atoms with Crippen LogP contribution in [0.1, 0.15) is 24.1 Å². The second-order valence-electron chi connectivity index (χ2n) is 6.44. The van der Waals surface area contributed by atoms with Gasteiger partial charge in [-0.15, -0.1) is 0 Å². The zero-order valence-corrected chi connectivity index (χ0v) is 15.1. The summed E-state index contributed by atoms with van der Waals surface area (Å²) in [4.78, 5) is 26.6. The van der Waals surface area contributed by atoms with Crippen molar-refractivity contribution >= 4 is 17.4 Å². The van der Waals surface area contributed by atoms with Crippen LogP contribution in [0.25, 0.3) is 5.76 Å². The lowest BCUT2D eigenvalue weighted by atomic mass is 9.95. The number of carbonyl (C=O) groups is 2. The van der Waals surface area contributed by atoms with Crippen LogP contribution in [0.15, 0.2) is 60.2 Å². The Kier molecular flexibility index (Phi) is 5.28. The molecule has 1 amide bonds. The molecule has 2 aromatic rings. The Morgan fingerprint density at radius 3 is 2.30 bits per heavy atom. The molecule has 1 aliphatic rings. The number of benzene rings is 2. The van der Waals surface area contributed by atoms with Crippen molar-refractivity contribution in [1.82, 2.24) is 4.90 Å². The molecule has 2 atom stereocenters. The number of likely N-dealkylation sites (tertiary alicyclic amines) is 1. The van der Waals surface area contributed by atoms with Crippen LogP contribution in [-0.4, -0.2) is 46.6 Å². The summed E-state index contributed by atoms with van der Waals surface area (Å²) in [5.41, 5.74) is 1.11. The fraction of sp³-hybridized carbons (Fsp3) is 0.238. The van der Waals surface area contributed by atoms with Crippen molar-refractivity contribution in [2.45, 2.75) is 19.1 Å². The van der Waals surface area contributed by atoms with Gasteiger partial charge >= 0.3 is 0 Å². The highest BCUT2D eigenvalue weighted by atomic mass is 16.5. The summed E-state index contributed by atoms with van der Waals surface area (Å²) in [5, 5.41) is 20.6. The molecule has 6 nitrogen and oxygen atoms in total. The van der Waals surface area contributed by atoms with Crippen molar-refractivity contribution in [3.05, 3.63) is 71.3 Å². The summed E-state index contributed by atoms with van der Waals surface area (Å²) in [6, 6.07) is 14.7. The van der Waals surface area contributed by atoms with Gasteiger partial charge in [0.15, 0.2) is 0 Å². The van der Waals surface area contributed by atoms with Gasteiger partial charge in [0, 0.05) is 12.1 Å². The third-order valence-corrected chi connectivity index (χ3v) is 4.48. The van der Waals surface area contributed by atoms with Crippen molar-refractivity contribution in [2.75, 3.05) is 13.7 Å². The van der Waals surface area contributed by atoms with Crippen molar-refractivity contribution in [1.29, 1.82) is 0 Å². The van der Waals surface area contributed by atoms with Gasteiger partial charge in [0.05, 0.1) is 24.8 Å². The quantitative estimate of drug-likeness (QED) is 0.482. The second-order valence-corrected chi connectivity index (χ2v) is 6.44. The van der Waals surface area contributed by atoms with Crippen LogP contribution in [0.4, 0.5) is 0 Å². The van der Waals surface area contributed by atoms with E-state index >= 15 is 0 Å². The number of carbonyl (C=O) groups excluding carboxylic acids is 2. The minimum atomic E-state index is -0.819. The number of hydrogen-bond acceptors (Lipinski definition) is 5. The van der Waals surface area contributed by atoms with E-state index in [1.807, 2.05) is 0 Å². The fourth-order valence-electron chi connectivity index (χ4n) is 3.24. The average molecular weight is 367 g/mol. The van der Waals surface area contributed by atoms with Gasteiger partial charge in [-0.2, -0.15) is 0 Å². The number of β-amino-alcohol motifs (C(OH)–C–C–N with tert-alkyl or cyclic N) is 1. The zero-order chi connectivity index (χ0) is 19.6. The smallest absolute Gasteiger partial charge is 0.295 e. The monoisotopic (exact) mass is 367 g/mol. The number of aliphatic hydroxyl groups excluding tert-OH is 2. The van der Waals surface area contributed by atoms with E-state index in [9.17, 15) is 19.8 Å². The maximum absolute atomic E-state index is 12.7. The highest BCUT2D eigenvalue weighted by Gasteiger charge is 2.46. The molecule has 0 bridgehead atoms. The predicted molar refractivity (Wildman–Crippen MR) is 100 cm³/mol. The third-order valence-electron chi connectivity index (χ3n) is 4.48. The van der Waals surface area contributed by atoms with E-state index in [1.54, 1.807) is 68.6 Å². The summed E-state index contributed by atoms with van der Waals surface area (Å²) in [7, 11) is 1.55. The summed E-state index contributed by atoms with van der Waals surface area (Å²) < 4.78 is 5.16. The summed E-state index contributed by atoms with van der Waals surface area (Å²) in [6.07, 6.45) is -0.819. The number of aliphatic hydroxyl groups is 2. The Bertz CT molecular complexity index is 871. The molecule has 0 unspecified atom stereocenters. The number of Topliss-reactive ketones (excluding diaryl/α,β-unsaturated/α-hetero) is 1. The number of amides is 1. The summed E-state index contributed by atoms with van der Waals surface area (Å²) >= 11 is 0. The van der Waals surface area contributed by atoms with Crippen LogP contribution in [-0.2, 0) is 9.59 Å². The molecular formula is C21H21NO5. The van der Waals surface area contributed by atoms with Crippen molar-refractivity contribution in [3.63, 3.8) is 0 Å². The molecule has 6 heteroatoms. The van der Waals surface area contributed by atoms with E-state index in [0.29, 0.717) is 16.9 Å². The number of ether oxygens (including phenoxy) is 1. The minimum Gasteiger partial charge on any atom is -0.507 e. The molecule has 1 aliphatic heterocycles. The summed E-state index contributed by atoms with van der Waals surface area (Å²) in [5.74, 6) is -1.11. The first-order valence-electron chi connectivity index (χ1n) is 8.60. The molecule has 1 saturated heterocycles. The van der Waals surface area contributed by atoms with Gasteiger partial charge in [-0.25, -0.2) is 0 Å². The maximum atomic E-state index is 12.7. The molecule has 1 fully saturated rings. The van der Waals surface area contributed by atoms with Gasteiger partial charge in [0.25, 0.3) is 11.7 Å². The molecule has 0 aliphatic carbocycles. The molecule has 2 aromatic carbocycles. The van der Waals surface area contributed by atoms with E-state index in [-0.39, 0.29) is 17.9 Å². The van der Waals surface area contributed by atoms with Gasteiger partial charge < -0.3 is 19.8 Å². The van der Waals surface area contributed by atoms with Crippen molar-refractivity contribution in [2.24, 2.45) is 0 Å². The van der Waals surface area contributed by atoms with Gasteiger partial charge in [0.2, 0.25) is 0 Å². The molecule has 2 N–H and O–H groups in total. The zero-order valence-electron chi connectivity index (χ0n) is 15.1. The number of rotatable bonds is 5. The molecule has 3 rings (SSSR count). The Morgan fingerprint density at radius 1 is 1.11 bits per heavy atom. The highest BCUT2D eigenvalue weighted by molar-refractivity contribution is 6.46. The average Bonchev–Trinajstić information content (AvgIpc) is 2.92. The van der Waals surface area contributed by atoms with Crippen LogP contribution in [0, 0.1) is 0 Å². The van der Waals surface area contributed by atoms with Crippen molar-refractivity contribution in [3.8, 4) is 5.75 Å². The first-order valence-corrected chi connectivity index (χ1v) is 8.60. The number of hydrogen-bond donors (Lipinski definition) is 2. The van der Waals surface area contributed by atoms with E-state index in [4.69, 9.17) is 4.74 Å². The van der Waals surface area contributed by atoms with Crippen LogP contribution in [0.2, 0.25) is 0 Å². The number of nitrogens with zero attached hydrogens (tertiary/aromatic N) is 1. The molecule has 0 aromatic heterocycles. The topological polar surface area (TPSA) is 87.1 Å². The standard InChI is InChI=1S/C21H21NO5/c1-13(23)12-22-18(14-8-10-16(27-2)11-9-14)17(20(25)21(22)26)19(24)15-6-4-3-5-7-15/h3-11,13,18,23-24H,12H2,1-2H3/t13-,18+/m0/s1. The van der Waals surface area contributed by atoms with Crippen LogP contribution >= 0.6 is 0 Å². The first kappa shape index (κ1) is 18.7. The van der Waals surface area contributed by atoms with E-state index < -0.39 is 23.8 Å². The molecule has 0 radical (unpaired) electrons. The SMILES string of the molecule is COc1ccc([C@@H]2C(=C(O)c3ccccc3)C(=O)C(=O)N2C[C@H](C)O)cc1. The third kappa shape index (κ3) is 3.57. The van der Waals surface area contributed by atoms with E-state index in [2.05, 4.69) is 0 Å². The molecule has 27 heavy (non-hydrogen) atoms. The first-order chi connectivity index (χ1) is 12.9. The number of ketones is 1. The lowest BCUT2D eigenvalue weighted by Crippen LogP contribution is -2.35. The Balaban J connectivity index is 2.16. The molecular weight excluding hydrogens is 346 g/mol. The van der Waals surface area contributed by atoms with Gasteiger partial charge in [-0.1, -0.05) is 42.5 Å². The largest absolute Gasteiger partial charge is 0.507 e. The van der Waals surface area contributed by atoms with Crippen molar-refractivity contribution < 1.29 is 24.5 Å². The molecule has 140 valence electrons. The normalized spacial score (nSPS) is 20.0. The Morgan fingerprint density at radius 2 is 1.74 bits per heavy atom.